The number of anilines is 1. The zero-order valence-corrected chi connectivity index (χ0v) is 21.8. The van der Waals surface area contributed by atoms with E-state index in [1.807, 2.05) is 82.7 Å². The summed E-state index contributed by atoms with van der Waals surface area (Å²) >= 11 is 0. The summed E-state index contributed by atoms with van der Waals surface area (Å²) < 4.78 is 5.25. The maximum absolute atomic E-state index is 13.5. The van der Waals surface area contributed by atoms with Crippen molar-refractivity contribution in [3.05, 3.63) is 89.7 Å². The number of para-hydroxylation sites is 1. The van der Waals surface area contributed by atoms with Crippen molar-refractivity contribution in [1.82, 2.24) is 14.8 Å². The molecule has 194 valence electrons. The van der Waals surface area contributed by atoms with E-state index >= 15 is 0 Å². The Morgan fingerprint density at radius 2 is 1.62 bits per heavy atom. The van der Waals surface area contributed by atoms with Crippen LogP contribution in [0.4, 0.5) is 5.69 Å². The number of hydrogen-bond acceptors (Lipinski definition) is 5. The van der Waals surface area contributed by atoms with Gasteiger partial charge in [-0.3, -0.25) is 19.5 Å². The van der Waals surface area contributed by atoms with Gasteiger partial charge in [0, 0.05) is 58.1 Å². The molecule has 1 aliphatic rings. The normalized spacial score (nSPS) is 15.3. The lowest BCUT2D eigenvalue weighted by Crippen LogP contribution is -2.38. The molecule has 3 aromatic rings. The Hall–Kier alpha value is -3.71. The van der Waals surface area contributed by atoms with Crippen LogP contribution in [-0.4, -0.2) is 59.9 Å². The van der Waals surface area contributed by atoms with Gasteiger partial charge in [-0.25, -0.2) is 0 Å². The molecule has 2 amide bonds. The summed E-state index contributed by atoms with van der Waals surface area (Å²) in [5.74, 6) is 0.855. The van der Waals surface area contributed by atoms with E-state index in [1.165, 1.54) is 0 Å². The Labute approximate surface area is 219 Å². The summed E-state index contributed by atoms with van der Waals surface area (Å²) in [4.78, 5) is 36.9. The lowest BCUT2D eigenvalue weighted by Gasteiger charge is -2.31. The molecule has 0 unspecified atom stereocenters. The molecule has 7 heteroatoms. The average Bonchev–Trinajstić information content (AvgIpc) is 2.91. The second-order valence-corrected chi connectivity index (χ2v) is 9.44. The van der Waals surface area contributed by atoms with E-state index in [-0.39, 0.29) is 11.8 Å². The molecule has 0 spiro atoms. The van der Waals surface area contributed by atoms with Crippen LogP contribution < -0.4 is 9.64 Å². The first-order valence-electron chi connectivity index (χ1n) is 12.9. The lowest BCUT2D eigenvalue weighted by molar-refractivity contribution is -0.131. The molecule has 4 rings (SSSR count). The van der Waals surface area contributed by atoms with Gasteiger partial charge in [-0.15, -0.1) is 0 Å². The molecule has 2 heterocycles. The molecule has 0 saturated heterocycles. The summed E-state index contributed by atoms with van der Waals surface area (Å²) in [5.41, 5.74) is 3.85. The molecule has 0 fully saturated rings. The Bertz CT molecular complexity index is 1170. The minimum absolute atomic E-state index is 0.0110. The first-order chi connectivity index (χ1) is 18.0. The zero-order valence-electron chi connectivity index (χ0n) is 21.8. The fraction of sp³-hybridized carbons (Fsp3) is 0.367. The summed E-state index contributed by atoms with van der Waals surface area (Å²) in [6.45, 7) is 5.80. The van der Waals surface area contributed by atoms with Gasteiger partial charge in [0.2, 0.25) is 11.8 Å². The van der Waals surface area contributed by atoms with Crippen LogP contribution in [-0.2, 0) is 29.1 Å². The molecular weight excluding hydrogens is 464 g/mol. The highest BCUT2D eigenvalue weighted by atomic mass is 16.5. The van der Waals surface area contributed by atoms with E-state index in [4.69, 9.17) is 4.74 Å². The largest absolute Gasteiger partial charge is 0.497 e. The predicted molar refractivity (Wildman–Crippen MR) is 145 cm³/mol. The van der Waals surface area contributed by atoms with E-state index in [1.54, 1.807) is 14.0 Å². The zero-order chi connectivity index (χ0) is 26.0. The fourth-order valence-corrected chi connectivity index (χ4v) is 4.81. The van der Waals surface area contributed by atoms with Gasteiger partial charge < -0.3 is 14.5 Å². The number of methoxy groups -OCH3 is 1. The van der Waals surface area contributed by atoms with Crippen molar-refractivity contribution in [1.29, 1.82) is 0 Å². The van der Waals surface area contributed by atoms with Crippen LogP contribution in [0.15, 0.2) is 72.9 Å². The van der Waals surface area contributed by atoms with Crippen LogP contribution in [0.2, 0.25) is 0 Å². The number of fused-ring (bicyclic) bond motifs is 1. The SMILES string of the molecule is COc1ccc(CC(=O)N2CCCN(Cc3ccccn3)CCCN(C(C)=O)c3ccccc3C2)cc1. The number of nitrogens with zero attached hydrogens (tertiary/aromatic N) is 4. The number of amides is 2. The van der Waals surface area contributed by atoms with Crippen LogP contribution in [0, 0.1) is 0 Å². The predicted octanol–water partition coefficient (Wildman–Crippen LogP) is 4.31. The van der Waals surface area contributed by atoms with Gasteiger partial charge in [-0.1, -0.05) is 36.4 Å². The first-order valence-corrected chi connectivity index (χ1v) is 12.9. The molecule has 0 N–H and O–H groups in total. The maximum Gasteiger partial charge on any atom is 0.227 e. The van der Waals surface area contributed by atoms with Crippen LogP contribution in [0.1, 0.15) is 36.6 Å². The maximum atomic E-state index is 13.5. The molecule has 1 aromatic heterocycles. The van der Waals surface area contributed by atoms with Crippen molar-refractivity contribution >= 4 is 17.5 Å². The van der Waals surface area contributed by atoms with Crippen molar-refractivity contribution in [3.63, 3.8) is 0 Å². The van der Waals surface area contributed by atoms with Crippen LogP contribution in [0.5, 0.6) is 5.75 Å². The second kappa shape index (κ2) is 13.0. The highest BCUT2D eigenvalue weighted by Crippen LogP contribution is 2.24. The second-order valence-electron chi connectivity index (χ2n) is 9.44. The fourth-order valence-electron chi connectivity index (χ4n) is 4.81. The van der Waals surface area contributed by atoms with Gasteiger partial charge in [-0.2, -0.15) is 0 Å². The monoisotopic (exact) mass is 500 g/mol. The summed E-state index contributed by atoms with van der Waals surface area (Å²) in [5, 5.41) is 0. The van der Waals surface area contributed by atoms with Crippen molar-refractivity contribution in [2.24, 2.45) is 0 Å². The van der Waals surface area contributed by atoms with Crippen molar-refractivity contribution in [3.8, 4) is 5.75 Å². The van der Waals surface area contributed by atoms with Gasteiger partial charge in [-0.05, 0) is 54.3 Å². The highest BCUT2D eigenvalue weighted by molar-refractivity contribution is 5.92. The van der Waals surface area contributed by atoms with E-state index < -0.39 is 0 Å². The molecule has 0 bridgehead atoms. The molecule has 0 radical (unpaired) electrons. The van der Waals surface area contributed by atoms with E-state index in [0.717, 1.165) is 60.7 Å². The van der Waals surface area contributed by atoms with E-state index in [0.29, 0.717) is 26.1 Å². The number of benzene rings is 2. The number of pyridine rings is 1. The Kier molecular flexibility index (Phi) is 9.27. The third-order valence-corrected chi connectivity index (χ3v) is 6.76. The van der Waals surface area contributed by atoms with Crippen LogP contribution in [0.25, 0.3) is 0 Å². The van der Waals surface area contributed by atoms with Crippen molar-refractivity contribution in [2.45, 2.75) is 39.3 Å². The van der Waals surface area contributed by atoms with Gasteiger partial charge in [0.25, 0.3) is 0 Å². The highest BCUT2D eigenvalue weighted by Gasteiger charge is 2.21. The average molecular weight is 501 g/mol. The molecule has 0 atom stereocenters. The Balaban J connectivity index is 1.57. The van der Waals surface area contributed by atoms with Gasteiger partial charge >= 0.3 is 0 Å². The number of aromatic nitrogens is 1. The Morgan fingerprint density at radius 3 is 2.32 bits per heavy atom. The van der Waals surface area contributed by atoms with E-state index in [2.05, 4.69) is 9.88 Å². The number of hydrogen-bond donors (Lipinski definition) is 0. The van der Waals surface area contributed by atoms with E-state index in [9.17, 15) is 9.59 Å². The minimum Gasteiger partial charge on any atom is -0.497 e. The lowest BCUT2D eigenvalue weighted by atomic mass is 10.1. The number of rotatable bonds is 5. The summed E-state index contributed by atoms with van der Waals surface area (Å²) in [6, 6.07) is 21.6. The number of ether oxygens (including phenoxy) is 1. The van der Waals surface area contributed by atoms with Gasteiger partial charge in [0.1, 0.15) is 5.75 Å². The summed E-state index contributed by atoms with van der Waals surface area (Å²) in [6.07, 6.45) is 3.86. The molecule has 7 nitrogen and oxygen atoms in total. The third-order valence-electron chi connectivity index (χ3n) is 6.76. The molecule has 0 saturated carbocycles. The quantitative estimate of drug-likeness (QED) is 0.522. The minimum atomic E-state index is 0.0110. The third kappa shape index (κ3) is 7.40. The van der Waals surface area contributed by atoms with Crippen LogP contribution in [0.3, 0.4) is 0 Å². The molecule has 0 aliphatic carbocycles. The molecule has 1 aliphatic heterocycles. The standard InChI is InChI=1S/C30H36N4O3/c1-24(35)34-20-8-18-32(23-27-10-5-6-16-31-27)17-7-19-33(22-26-9-3-4-11-29(26)34)30(36)21-25-12-14-28(37-2)15-13-25/h3-6,9-16H,7-8,17-23H2,1-2H3. The number of carbonyl (C=O) groups excluding carboxylic acids is 2. The van der Waals surface area contributed by atoms with Gasteiger partial charge in [0.15, 0.2) is 0 Å². The summed E-state index contributed by atoms with van der Waals surface area (Å²) in [7, 11) is 1.63. The topological polar surface area (TPSA) is 66.0 Å². The molecular formula is C30H36N4O3. The Morgan fingerprint density at radius 1 is 0.892 bits per heavy atom. The number of carbonyl (C=O) groups is 2. The van der Waals surface area contributed by atoms with Crippen molar-refractivity contribution in [2.75, 3.05) is 38.2 Å². The molecule has 2 aromatic carbocycles. The van der Waals surface area contributed by atoms with Crippen LogP contribution >= 0.6 is 0 Å². The van der Waals surface area contributed by atoms with Gasteiger partial charge in [0.05, 0.1) is 19.2 Å². The van der Waals surface area contributed by atoms with Crippen molar-refractivity contribution < 1.29 is 14.3 Å². The molecule has 37 heavy (non-hydrogen) atoms. The first kappa shape index (κ1) is 26.4. The smallest absolute Gasteiger partial charge is 0.227 e.